The van der Waals surface area contributed by atoms with Crippen molar-refractivity contribution in [3.8, 4) is 33.4 Å². The average Bonchev–Trinajstić information content (AvgIpc) is 3.62. The molecule has 0 unspecified atom stereocenters. The normalized spacial score (nSPS) is 13.0. The largest absolute Gasteiger partial charge is 0.310 e. The van der Waals surface area contributed by atoms with Crippen LogP contribution in [0.25, 0.3) is 44.2 Å². The van der Waals surface area contributed by atoms with Gasteiger partial charge in [0.15, 0.2) is 0 Å². The molecule has 1 spiro atoms. The van der Waals surface area contributed by atoms with Crippen LogP contribution in [0.1, 0.15) is 22.3 Å². The average molecular weight is 777 g/mol. The van der Waals surface area contributed by atoms with Gasteiger partial charge in [0.25, 0.3) is 0 Å². The van der Waals surface area contributed by atoms with Crippen LogP contribution in [-0.2, 0) is 5.41 Å². The predicted molar refractivity (Wildman–Crippen MR) is 255 cm³/mol. The van der Waals surface area contributed by atoms with E-state index in [1.807, 2.05) is 0 Å². The molecule has 0 radical (unpaired) electrons. The van der Waals surface area contributed by atoms with Crippen LogP contribution in [0, 0.1) is 0 Å². The minimum absolute atomic E-state index is 0.567. The van der Waals surface area contributed by atoms with Crippen LogP contribution < -0.4 is 9.80 Å². The third-order valence-electron chi connectivity index (χ3n) is 12.8. The van der Waals surface area contributed by atoms with E-state index < -0.39 is 5.41 Å². The zero-order chi connectivity index (χ0) is 40.3. The summed E-state index contributed by atoms with van der Waals surface area (Å²) in [6, 6.07) is 89.2. The first-order valence-corrected chi connectivity index (χ1v) is 21.1. The summed E-state index contributed by atoms with van der Waals surface area (Å²) in [6.07, 6.45) is 0. The second kappa shape index (κ2) is 14.1. The van der Waals surface area contributed by atoms with Crippen molar-refractivity contribution in [2.45, 2.75) is 5.41 Å². The Kier molecular flexibility index (Phi) is 8.11. The molecule has 0 atom stereocenters. The van der Waals surface area contributed by atoms with Crippen molar-refractivity contribution in [3.05, 3.63) is 265 Å². The Balaban J connectivity index is 1.11. The van der Waals surface area contributed by atoms with Gasteiger partial charge in [0, 0.05) is 22.6 Å². The maximum atomic E-state index is 2.49. The van der Waals surface area contributed by atoms with Crippen molar-refractivity contribution in [2.24, 2.45) is 0 Å². The molecule has 61 heavy (non-hydrogen) atoms. The van der Waals surface area contributed by atoms with E-state index in [0.29, 0.717) is 0 Å². The third-order valence-corrected chi connectivity index (χ3v) is 12.8. The zero-order valence-corrected chi connectivity index (χ0v) is 33.5. The maximum absolute atomic E-state index is 2.49. The Morgan fingerprint density at radius 1 is 0.311 bits per heavy atom. The van der Waals surface area contributed by atoms with Crippen molar-refractivity contribution in [1.82, 2.24) is 0 Å². The Morgan fingerprint density at radius 2 is 0.820 bits per heavy atom. The quantitative estimate of drug-likeness (QED) is 0.166. The summed E-state index contributed by atoms with van der Waals surface area (Å²) in [5.41, 5.74) is 18.7. The van der Waals surface area contributed by atoms with E-state index in [9.17, 15) is 0 Å². The highest BCUT2D eigenvalue weighted by atomic mass is 15.2. The van der Waals surface area contributed by atoms with Crippen LogP contribution in [0.5, 0.6) is 0 Å². The van der Waals surface area contributed by atoms with E-state index in [2.05, 4.69) is 252 Å². The Hall–Kier alpha value is -7.94. The molecule has 1 heterocycles. The molecule has 1 aliphatic heterocycles. The number of rotatable bonds is 6. The predicted octanol–water partition coefficient (Wildman–Crippen LogP) is 15.8. The Labute approximate surface area is 356 Å². The third kappa shape index (κ3) is 5.43. The van der Waals surface area contributed by atoms with E-state index in [1.165, 1.54) is 77.8 Å². The van der Waals surface area contributed by atoms with E-state index in [-0.39, 0.29) is 0 Å². The Morgan fingerprint density at radius 3 is 1.56 bits per heavy atom. The van der Waals surface area contributed by atoms with Crippen LogP contribution in [0.4, 0.5) is 34.1 Å². The lowest BCUT2D eigenvalue weighted by Crippen LogP contribution is -2.36. The van der Waals surface area contributed by atoms with Crippen LogP contribution in [-0.4, -0.2) is 0 Å². The minimum Gasteiger partial charge on any atom is -0.310 e. The molecular weight excluding hydrogens is 737 g/mol. The molecule has 10 aromatic carbocycles. The number of para-hydroxylation sites is 4. The lowest BCUT2D eigenvalue weighted by molar-refractivity contribution is 0.752. The fourth-order valence-corrected chi connectivity index (χ4v) is 10.2. The molecule has 10 aromatic rings. The van der Waals surface area contributed by atoms with Gasteiger partial charge in [-0.2, -0.15) is 0 Å². The van der Waals surface area contributed by atoms with Gasteiger partial charge in [-0.3, -0.25) is 0 Å². The minimum atomic E-state index is -0.567. The van der Waals surface area contributed by atoms with Crippen molar-refractivity contribution >= 4 is 44.9 Å². The van der Waals surface area contributed by atoms with Gasteiger partial charge in [0.1, 0.15) is 0 Å². The van der Waals surface area contributed by atoms with Gasteiger partial charge in [-0.05, 0) is 115 Å². The van der Waals surface area contributed by atoms with Gasteiger partial charge in [-0.15, -0.1) is 0 Å². The van der Waals surface area contributed by atoms with E-state index in [4.69, 9.17) is 0 Å². The first-order valence-electron chi connectivity index (χ1n) is 21.1. The number of nitrogens with zero attached hydrogens (tertiary/aromatic N) is 2. The summed E-state index contributed by atoms with van der Waals surface area (Å²) in [6.45, 7) is 0. The van der Waals surface area contributed by atoms with Crippen LogP contribution in [0.15, 0.2) is 243 Å². The zero-order valence-electron chi connectivity index (χ0n) is 33.5. The SMILES string of the molecule is c1ccc(-c2ccc(-c3ccccc3N(c3ccc4c(c3)C3(c5ccccc5-4)c4ccccc4N(c4ccccc4)c4ccccc43)c3ccc4ccccc4c3)cc2)cc1. The smallest absolute Gasteiger partial charge is 0.0755 e. The molecule has 12 rings (SSSR count). The number of anilines is 6. The molecule has 2 aliphatic rings. The van der Waals surface area contributed by atoms with Crippen molar-refractivity contribution < 1.29 is 0 Å². The van der Waals surface area contributed by atoms with Gasteiger partial charge in [0.2, 0.25) is 0 Å². The number of fused-ring (bicyclic) bond motifs is 10. The van der Waals surface area contributed by atoms with Crippen LogP contribution in [0.2, 0.25) is 0 Å². The fourth-order valence-electron chi connectivity index (χ4n) is 10.2. The monoisotopic (exact) mass is 776 g/mol. The van der Waals surface area contributed by atoms with Crippen LogP contribution in [0.3, 0.4) is 0 Å². The highest BCUT2D eigenvalue weighted by molar-refractivity contribution is 5.98. The molecule has 2 heteroatoms. The summed E-state index contributed by atoms with van der Waals surface area (Å²) in [5.74, 6) is 0. The molecular formula is C59H40N2. The van der Waals surface area contributed by atoms with Gasteiger partial charge in [-0.25, -0.2) is 0 Å². The summed E-state index contributed by atoms with van der Waals surface area (Å²) in [5, 5.41) is 2.42. The van der Waals surface area contributed by atoms with Crippen LogP contribution >= 0.6 is 0 Å². The number of hydrogen-bond acceptors (Lipinski definition) is 2. The molecule has 0 bridgehead atoms. The number of hydrogen-bond donors (Lipinski definition) is 0. The fraction of sp³-hybridized carbons (Fsp3) is 0.0169. The first-order chi connectivity index (χ1) is 30.3. The van der Waals surface area contributed by atoms with Gasteiger partial charge in [-0.1, -0.05) is 188 Å². The van der Waals surface area contributed by atoms with Gasteiger partial charge < -0.3 is 9.80 Å². The second-order valence-electron chi connectivity index (χ2n) is 16.1. The summed E-state index contributed by atoms with van der Waals surface area (Å²) < 4.78 is 0. The molecule has 1 aliphatic carbocycles. The summed E-state index contributed by atoms with van der Waals surface area (Å²) in [4.78, 5) is 4.92. The molecule has 2 nitrogen and oxygen atoms in total. The molecule has 0 saturated heterocycles. The molecule has 0 fully saturated rings. The number of benzene rings is 10. The standard InChI is InChI=1S/C59H40N2/c1-3-17-41(18-4-1)43-31-33-44(34-32-43)49-23-10-14-28-56(49)60(47-36-35-42-19-7-8-20-45(42)39-47)48-37-38-51-50-24-9-11-25-52(50)59(55(51)40-48)53-26-12-15-29-57(53)61(46-21-5-2-6-22-46)58-30-16-13-27-54(58)59/h1-40H. The van der Waals surface area contributed by atoms with Gasteiger partial charge in [0.05, 0.1) is 22.5 Å². The molecule has 286 valence electrons. The highest BCUT2D eigenvalue weighted by Crippen LogP contribution is 2.64. The van der Waals surface area contributed by atoms with Crippen molar-refractivity contribution in [2.75, 3.05) is 9.80 Å². The summed E-state index contributed by atoms with van der Waals surface area (Å²) in [7, 11) is 0. The molecule has 0 amide bonds. The topological polar surface area (TPSA) is 6.48 Å². The first kappa shape index (κ1) is 35.0. The lowest BCUT2D eigenvalue weighted by atomic mass is 9.64. The van der Waals surface area contributed by atoms with E-state index >= 15 is 0 Å². The van der Waals surface area contributed by atoms with E-state index in [0.717, 1.165) is 22.7 Å². The maximum Gasteiger partial charge on any atom is 0.0755 e. The van der Waals surface area contributed by atoms with Gasteiger partial charge >= 0.3 is 0 Å². The molecule has 0 saturated carbocycles. The molecule has 0 N–H and O–H groups in total. The van der Waals surface area contributed by atoms with E-state index in [1.54, 1.807) is 0 Å². The van der Waals surface area contributed by atoms with Crippen molar-refractivity contribution in [1.29, 1.82) is 0 Å². The molecule has 0 aromatic heterocycles. The Bertz CT molecular complexity index is 3210. The van der Waals surface area contributed by atoms with Crippen molar-refractivity contribution in [3.63, 3.8) is 0 Å². The summed E-state index contributed by atoms with van der Waals surface area (Å²) >= 11 is 0. The lowest BCUT2D eigenvalue weighted by Gasteiger charge is -2.45. The highest BCUT2D eigenvalue weighted by Gasteiger charge is 2.51. The second-order valence-corrected chi connectivity index (χ2v) is 16.1.